The highest BCUT2D eigenvalue weighted by Gasteiger charge is 2.21. The van der Waals surface area contributed by atoms with Crippen LogP contribution in [0, 0.1) is 21.3 Å². The maximum Gasteiger partial charge on any atom is 0.295 e. The van der Waals surface area contributed by atoms with Crippen molar-refractivity contribution in [2.24, 2.45) is 5.41 Å². The third kappa shape index (κ3) is 4.33. The Morgan fingerprint density at radius 1 is 1.53 bits per heavy atom. The second-order valence-corrected chi connectivity index (χ2v) is 5.44. The van der Waals surface area contributed by atoms with E-state index in [1.807, 2.05) is 13.8 Å². The Hall–Kier alpha value is -1.40. The molecule has 0 unspecified atom stereocenters. The minimum absolute atomic E-state index is 0.0287. The van der Waals surface area contributed by atoms with E-state index in [0.717, 1.165) is 6.07 Å². The summed E-state index contributed by atoms with van der Waals surface area (Å²) in [5.41, 5.74) is -0.437. The maximum absolute atomic E-state index is 13.2. The molecule has 1 aromatic carbocycles. The zero-order valence-electron chi connectivity index (χ0n) is 10.7. The van der Waals surface area contributed by atoms with Crippen LogP contribution in [0.5, 0.6) is 0 Å². The Labute approximate surface area is 115 Å². The molecule has 0 bridgehead atoms. The van der Waals surface area contributed by atoms with Crippen molar-refractivity contribution >= 4 is 23.0 Å². The van der Waals surface area contributed by atoms with Crippen molar-refractivity contribution in [3.05, 3.63) is 33.1 Å². The van der Waals surface area contributed by atoms with Crippen molar-refractivity contribution in [1.82, 2.24) is 0 Å². The number of nitrogens with one attached hydrogen (secondary N) is 1. The highest BCUT2D eigenvalue weighted by molar-refractivity contribution is 6.31. The van der Waals surface area contributed by atoms with E-state index in [9.17, 15) is 14.5 Å². The zero-order chi connectivity index (χ0) is 14.6. The summed E-state index contributed by atoms with van der Waals surface area (Å²) in [7, 11) is 0. The Morgan fingerprint density at radius 2 is 2.16 bits per heavy atom. The van der Waals surface area contributed by atoms with Gasteiger partial charge in [-0.1, -0.05) is 25.4 Å². The number of hydrogen-bond acceptors (Lipinski definition) is 4. The van der Waals surface area contributed by atoms with E-state index in [2.05, 4.69) is 5.32 Å². The van der Waals surface area contributed by atoms with Gasteiger partial charge in [-0.3, -0.25) is 10.1 Å². The molecule has 0 aromatic heterocycles. The van der Waals surface area contributed by atoms with Gasteiger partial charge in [0.25, 0.3) is 5.69 Å². The van der Waals surface area contributed by atoms with Gasteiger partial charge in [0.05, 0.1) is 16.0 Å². The molecule has 19 heavy (non-hydrogen) atoms. The first-order valence-electron chi connectivity index (χ1n) is 5.75. The minimum Gasteiger partial charge on any atom is -0.396 e. The molecule has 0 spiro atoms. The van der Waals surface area contributed by atoms with Gasteiger partial charge in [-0.2, -0.15) is 0 Å². The molecule has 5 nitrogen and oxygen atoms in total. The van der Waals surface area contributed by atoms with Crippen molar-refractivity contribution in [2.45, 2.75) is 20.3 Å². The molecule has 0 aliphatic rings. The number of nitro benzene ring substituents is 1. The third-order valence-electron chi connectivity index (χ3n) is 2.78. The van der Waals surface area contributed by atoms with Crippen LogP contribution in [0.2, 0.25) is 5.02 Å². The van der Waals surface area contributed by atoms with Gasteiger partial charge in [-0.15, -0.1) is 0 Å². The van der Waals surface area contributed by atoms with E-state index in [0.29, 0.717) is 13.0 Å². The molecule has 0 aliphatic heterocycles. The number of aliphatic hydroxyl groups is 1. The van der Waals surface area contributed by atoms with Gasteiger partial charge in [0.1, 0.15) is 11.5 Å². The van der Waals surface area contributed by atoms with E-state index in [-0.39, 0.29) is 28.4 Å². The number of benzene rings is 1. The molecule has 0 radical (unpaired) electrons. The lowest BCUT2D eigenvalue weighted by molar-refractivity contribution is -0.384. The highest BCUT2D eigenvalue weighted by Crippen LogP contribution is 2.31. The summed E-state index contributed by atoms with van der Waals surface area (Å²) in [6, 6.07) is 1.99. The maximum atomic E-state index is 13.2. The molecule has 2 N–H and O–H groups in total. The van der Waals surface area contributed by atoms with Crippen LogP contribution in [0.3, 0.4) is 0 Å². The van der Waals surface area contributed by atoms with Crippen LogP contribution in [0.4, 0.5) is 15.8 Å². The van der Waals surface area contributed by atoms with Crippen LogP contribution in [0.15, 0.2) is 12.1 Å². The molecule has 1 aromatic rings. The summed E-state index contributed by atoms with van der Waals surface area (Å²) in [5.74, 6) is -0.825. The quantitative estimate of drug-likeness (QED) is 0.623. The van der Waals surface area contributed by atoms with Crippen LogP contribution >= 0.6 is 11.6 Å². The number of hydrogen-bond donors (Lipinski definition) is 2. The van der Waals surface area contributed by atoms with Gasteiger partial charge in [-0.05, 0) is 17.9 Å². The molecular formula is C12H16ClFN2O3. The lowest BCUT2D eigenvalue weighted by Gasteiger charge is -2.24. The van der Waals surface area contributed by atoms with Gasteiger partial charge >= 0.3 is 0 Å². The average Bonchev–Trinajstić information content (AvgIpc) is 2.30. The van der Waals surface area contributed by atoms with Crippen molar-refractivity contribution < 1.29 is 14.4 Å². The van der Waals surface area contributed by atoms with Crippen LogP contribution in [-0.2, 0) is 0 Å². The lowest BCUT2D eigenvalue weighted by atomic mass is 9.89. The van der Waals surface area contributed by atoms with E-state index in [1.54, 1.807) is 0 Å². The first kappa shape index (κ1) is 15.7. The van der Waals surface area contributed by atoms with E-state index in [4.69, 9.17) is 16.7 Å². The van der Waals surface area contributed by atoms with E-state index in [1.165, 1.54) is 6.07 Å². The first-order valence-corrected chi connectivity index (χ1v) is 6.13. The van der Waals surface area contributed by atoms with Crippen molar-refractivity contribution in [3.8, 4) is 0 Å². The fourth-order valence-electron chi connectivity index (χ4n) is 1.55. The first-order chi connectivity index (χ1) is 8.76. The fraction of sp³-hybridized carbons (Fsp3) is 0.500. The number of aliphatic hydroxyl groups excluding tert-OH is 1. The molecule has 0 heterocycles. The molecule has 0 amide bonds. The van der Waals surface area contributed by atoms with E-state index >= 15 is 0 Å². The van der Waals surface area contributed by atoms with Crippen molar-refractivity contribution in [2.75, 3.05) is 18.5 Å². The number of anilines is 1. The molecule has 7 heteroatoms. The van der Waals surface area contributed by atoms with E-state index < -0.39 is 10.7 Å². The van der Waals surface area contributed by atoms with Crippen LogP contribution in [0.1, 0.15) is 20.3 Å². The van der Waals surface area contributed by atoms with Gasteiger partial charge in [0.2, 0.25) is 0 Å². The number of nitrogens with zero attached hydrogens (tertiary/aromatic N) is 1. The summed E-state index contributed by atoms with van der Waals surface area (Å²) in [6.45, 7) is 4.25. The topological polar surface area (TPSA) is 75.4 Å². The number of rotatable bonds is 6. The third-order valence-corrected chi connectivity index (χ3v) is 3.07. The largest absolute Gasteiger partial charge is 0.396 e. The minimum atomic E-state index is -0.825. The van der Waals surface area contributed by atoms with Crippen molar-refractivity contribution in [1.29, 1.82) is 0 Å². The molecule has 0 saturated heterocycles. The average molecular weight is 291 g/mol. The lowest BCUT2D eigenvalue weighted by Crippen LogP contribution is -2.24. The monoisotopic (exact) mass is 290 g/mol. The molecule has 0 atom stereocenters. The Bertz CT molecular complexity index is 480. The summed E-state index contributed by atoms with van der Waals surface area (Å²) in [5, 5.41) is 22.5. The second kappa shape index (κ2) is 6.16. The summed E-state index contributed by atoms with van der Waals surface area (Å²) in [4.78, 5) is 10.2. The molecular weight excluding hydrogens is 275 g/mol. The van der Waals surface area contributed by atoms with Gasteiger partial charge < -0.3 is 10.4 Å². The van der Waals surface area contributed by atoms with Crippen molar-refractivity contribution in [3.63, 3.8) is 0 Å². The molecule has 0 saturated carbocycles. The van der Waals surface area contributed by atoms with Crippen LogP contribution < -0.4 is 5.32 Å². The molecule has 106 valence electrons. The molecule has 1 rings (SSSR count). The Kier molecular flexibility index (Phi) is 5.08. The Morgan fingerprint density at radius 3 is 2.68 bits per heavy atom. The Balaban J connectivity index is 2.94. The van der Waals surface area contributed by atoms with Gasteiger partial charge in [-0.25, -0.2) is 4.39 Å². The summed E-state index contributed by atoms with van der Waals surface area (Å²) < 4.78 is 13.2. The smallest absolute Gasteiger partial charge is 0.295 e. The number of halogens is 2. The SMILES string of the molecule is CC(C)(CCO)CNc1cc(Cl)c(F)cc1[N+](=O)[O-]. The molecule has 0 aliphatic carbocycles. The highest BCUT2D eigenvalue weighted by atomic mass is 35.5. The standard InChI is InChI=1S/C12H16ClFN2O3/c1-12(2,3-4-17)7-15-10-5-8(13)9(14)6-11(10)16(18)19/h5-6,15,17H,3-4,7H2,1-2H3. The predicted octanol–water partition coefficient (Wildman–Crippen LogP) is 3.21. The van der Waals surface area contributed by atoms with Crippen LogP contribution in [-0.4, -0.2) is 23.2 Å². The normalized spacial score (nSPS) is 11.4. The second-order valence-electron chi connectivity index (χ2n) is 5.03. The number of nitro groups is 1. The zero-order valence-corrected chi connectivity index (χ0v) is 11.5. The predicted molar refractivity (Wildman–Crippen MR) is 72.0 cm³/mol. The fourth-order valence-corrected chi connectivity index (χ4v) is 1.72. The van der Waals surface area contributed by atoms with Crippen LogP contribution in [0.25, 0.3) is 0 Å². The molecule has 0 fully saturated rings. The summed E-state index contributed by atoms with van der Waals surface area (Å²) in [6.07, 6.45) is 0.544. The van der Waals surface area contributed by atoms with Gasteiger partial charge in [0, 0.05) is 13.2 Å². The van der Waals surface area contributed by atoms with Gasteiger partial charge in [0.15, 0.2) is 0 Å². The summed E-state index contributed by atoms with van der Waals surface area (Å²) >= 11 is 5.62.